The van der Waals surface area contributed by atoms with Crippen LogP contribution in [0, 0.1) is 6.92 Å². The van der Waals surface area contributed by atoms with Crippen LogP contribution in [-0.4, -0.2) is 23.4 Å². The summed E-state index contributed by atoms with van der Waals surface area (Å²) in [4.78, 5) is 27.4. The van der Waals surface area contributed by atoms with Crippen molar-refractivity contribution in [2.45, 2.75) is 26.3 Å². The van der Waals surface area contributed by atoms with Crippen LogP contribution in [0.3, 0.4) is 0 Å². The summed E-state index contributed by atoms with van der Waals surface area (Å²) in [7, 11) is 0. The molecule has 1 saturated heterocycles. The molecule has 158 valence electrons. The van der Waals surface area contributed by atoms with Crippen LogP contribution in [0.5, 0.6) is 5.75 Å². The number of hydrogen-bond donors (Lipinski definition) is 1. The lowest BCUT2D eigenvalue weighted by Crippen LogP contribution is -2.29. The first-order chi connectivity index (χ1) is 15.0. The molecule has 1 atom stereocenters. The van der Waals surface area contributed by atoms with E-state index in [4.69, 9.17) is 9.15 Å². The van der Waals surface area contributed by atoms with Crippen LogP contribution in [-0.2, 0) is 9.59 Å². The van der Waals surface area contributed by atoms with E-state index in [9.17, 15) is 14.7 Å². The molecular weight excluding hydrogens is 394 g/mol. The summed E-state index contributed by atoms with van der Waals surface area (Å²) < 4.78 is 11.3. The molecule has 1 aliphatic rings. The van der Waals surface area contributed by atoms with Gasteiger partial charge in [0.1, 0.15) is 23.3 Å². The van der Waals surface area contributed by atoms with Crippen molar-refractivity contribution in [1.82, 2.24) is 0 Å². The van der Waals surface area contributed by atoms with Crippen LogP contribution < -0.4 is 9.64 Å². The first kappa shape index (κ1) is 20.5. The van der Waals surface area contributed by atoms with Crippen LogP contribution in [0.15, 0.2) is 76.9 Å². The molecule has 1 fully saturated rings. The Morgan fingerprint density at radius 1 is 1.10 bits per heavy atom. The molecule has 6 nitrogen and oxygen atoms in total. The maximum absolute atomic E-state index is 13.0. The maximum atomic E-state index is 13.0. The first-order valence-corrected chi connectivity index (χ1v) is 10.2. The predicted octanol–water partition coefficient (Wildman–Crippen LogP) is 5.00. The van der Waals surface area contributed by atoms with Gasteiger partial charge in [0, 0.05) is 11.3 Å². The number of Topliss-reactive ketones (excluding diaryl/α,β-unsaturated/α-hetero) is 1. The van der Waals surface area contributed by atoms with Crippen molar-refractivity contribution in [3.63, 3.8) is 0 Å². The normalized spacial score (nSPS) is 17.9. The quantitative estimate of drug-likeness (QED) is 0.347. The van der Waals surface area contributed by atoms with Crippen LogP contribution in [0.2, 0.25) is 0 Å². The van der Waals surface area contributed by atoms with Gasteiger partial charge >= 0.3 is 0 Å². The SMILES string of the molecule is CCCOc1ccc(/C(O)=C2/C(=O)C(=O)N(c3ccccc3)C2c2ccco2)cc1C. The van der Waals surface area contributed by atoms with Crippen molar-refractivity contribution in [2.75, 3.05) is 11.5 Å². The molecule has 1 aliphatic heterocycles. The number of carbonyl (C=O) groups excluding carboxylic acids is 2. The van der Waals surface area contributed by atoms with E-state index < -0.39 is 17.7 Å². The van der Waals surface area contributed by atoms with Crippen LogP contribution in [0.4, 0.5) is 5.69 Å². The molecule has 0 saturated carbocycles. The Hall–Kier alpha value is -3.80. The summed E-state index contributed by atoms with van der Waals surface area (Å²) in [6.45, 7) is 4.48. The Morgan fingerprint density at radius 2 is 1.87 bits per heavy atom. The van der Waals surface area contributed by atoms with Gasteiger partial charge < -0.3 is 14.3 Å². The second kappa shape index (κ2) is 8.52. The van der Waals surface area contributed by atoms with Gasteiger partial charge in [-0.2, -0.15) is 0 Å². The van der Waals surface area contributed by atoms with E-state index in [1.165, 1.54) is 11.2 Å². The summed E-state index contributed by atoms with van der Waals surface area (Å²) in [6, 6.07) is 16.6. The van der Waals surface area contributed by atoms with E-state index in [0.29, 0.717) is 29.4 Å². The van der Waals surface area contributed by atoms with Gasteiger partial charge in [-0.25, -0.2) is 0 Å². The summed E-state index contributed by atoms with van der Waals surface area (Å²) in [6.07, 6.45) is 2.36. The number of benzene rings is 2. The highest BCUT2D eigenvalue weighted by molar-refractivity contribution is 6.51. The number of ether oxygens (including phenoxy) is 1. The third kappa shape index (κ3) is 3.72. The molecule has 0 aliphatic carbocycles. The monoisotopic (exact) mass is 417 g/mol. The zero-order chi connectivity index (χ0) is 22.0. The number of para-hydroxylation sites is 1. The zero-order valence-corrected chi connectivity index (χ0v) is 17.4. The second-order valence-corrected chi connectivity index (χ2v) is 7.35. The molecule has 1 N–H and O–H groups in total. The van der Waals surface area contributed by atoms with Gasteiger partial charge in [0.05, 0.1) is 18.4 Å². The Morgan fingerprint density at radius 3 is 2.52 bits per heavy atom. The van der Waals surface area contributed by atoms with E-state index in [2.05, 4.69) is 0 Å². The highest BCUT2D eigenvalue weighted by Gasteiger charge is 2.48. The molecule has 0 radical (unpaired) electrons. The molecule has 31 heavy (non-hydrogen) atoms. The van der Waals surface area contributed by atoms with E-state index in [1.807, 2.05) is 19.9 Å². The van der Waals surface area contributed by atoms with Gasteiger partial charge in [0.25, 0.3) is 11.7 Å². The molecular formula is C25H23NO5. The fraction of sp³-hybridized carbons (Fsp3) is 0.200. The molecule has 2 heterocycles. The van der Waals surface area contributed by atoms with Crippen LogP contribution in [0.1, 0.15) is 36.3 Å². The molecule has 0 spiro atoms. The number of rotatable bonds is 6. The van der Waals surface area contributed by atoms with Gasteiger partial charge in [-0.1, -0.05) is 25.1 Å². The smallest absolute Gasteiger partial charge is 0.300 e. The average molecular weight is 417 g/mol. The number of aryl methyl sites for hydroxylation is 1. The highest BCUT2D eigenvalue weighted by atomic mass is 16.5. The largest absolute Gasteiger partial charge is 0.507 e. The van der Waals surface area contributed by atoms with Gasteiger partial charge in [-0.3, -0.25) is 14.5 Å². The average Bonchev–Trinajstić information content (AvgIpc) is 3.40. The third-order valence-corrected chi connectivity index (χ3v) is 5.20. The molecule has 0 bridgehead atoms. The van der Waals surface area contributed by atoms with E-state index in [1.54, 1.807) is 54.6 Å². The summed E-state index contributed by atoms with van der Waals surface area (Å²) >= 11 is 0. The van der Waals surface area contributed by atoms with Crippen molar-refractivity contribution in [1.29, 1.82) is 0 Å². The minimum atomic E-state index is -0.867. The molecule has 1 amide bonds. The lowest BCUT2D eigenvalue weighted by Gasteiger charge is -2.23. The molecule has 3 aromatic rings. The zero-order valence-electron chi connectivity index (χ0n) is 17.4. The fourth-order valence-electron chi connectivity index (χ4n) is 3.73. The predicted molar refractivity (Wildman–Crippen MR) is 117 cm³/mol. The highest BCUT2D eigenvalue weighted by Crippen LogP contribution is 2.42. The van der Waals surface area contributed by atoms with E-state index in [-0.39, 0.29) is 11.3 Å². The number of amides is 1. The topological polar surface area (TPSA) is 80.0 Å². The summed E-state index contributed by atoms with van der Waals surface area (Å²) in [5.74, 6) is -0.612. The summed E-state index contributed by atoms with van der Waals surface area (Å²) in [5, 5.41) is 11.1. The standard InChI is InChI=1S/C25H23NO5/c1-3-13-30-19-12-11-17(15-16(19)2)23(27)21-22(20-10-7-14-31-20)26(25(29)24(21)28)18-8-5-4-6-9-18/h4-12,14-15,22,27H,3,13H2,1-2H3/b23-21-. The van der Waals surface area contributed by atoms with Crippen molar-refractivity contribution in [2.24, 2.45) is 0 Å². The number of nitrogens with zero attached hydrogens (tertiary/aromatic N) is 1. The Balaban J connectivity index is 1.83. The second-order valence-electron chi connectivity index (χ2n) is 7.35. The van der Waals surface area contributed by atoms with Gasteiger partial charge in [-0.05, 0) is 61.4 Å². The van der Waals surface area contributed by atoms with Gasteiger partial charge in [-0.15, -0.1) is 0 Å². The summed E-state index contributed by atoms with van der Waals surface area (Å²) in [5.41, 5.74) is 1.79. The van der Waals surface area contributed by atoms with Gasteiger partial charge in [0.15, 0.2) is 0 Å². The van der Waals surface area contributed by atoms with Crippen molar-refractivity contribution < 1.29 is 23.8 Å². The lowest BCUT2D eigenvalue weighted by atomic mass is 9.98. The molecule has 6 heteroatoms. The van der Waals surface area contributed by atoms with E-state index >= 15 is 0 Å². The number of anilines is 1. The molecule has 1 unspecified atom stereocenters. The number of aliphatic hydroxyl groups is 1. The number of aliphatic hydroxyl groups excluding tert-OH is 1. The fourth-order valence-corrected chi connectivity index (χ4v) is 3.73. The number of carbonyl (C=O) groups is 2. The Kier molecular flexibility index (Phi) is 5.62. The molecule has 1 aromatic heterocycles. The Bertz CT molecular complexity index is 1130. The van der Waals surface area contributed by atoms with Crippen molar-refractivity contribution in [3.05, 3.63) is 89.4 Å². The van der Waals surface area contributed by atoms with Crippen LogP contribution in [0.25, 0.3) is 5.76 Å². The molecule has 2 aromatic carbocycles. The lowest BCUT2D eigenvalue weighted by molar-refractivity contribution is -0.132. The number of ketones is 1. The van der Waals surface area contributed by atoms with Crippen molar-refractivity contribution >= 4 is 23.1 Å². The van der Waals surface area contributed by atoms with Crippen molar-refractivity contribution in [3.8, 4) is 5.75 Å². The minimum Gasteiger partial charge on any atom is -0.507 e. The maximum Gasteiger partial charge on any atom is 0.300 e. The van der Waals surface area contributed by atoms with Crippen LogP contribution >= 0.6 is 0 Å². The molecule has 4 rings (SSSR count). The van der Waals surface area contributed by atoms with Gasteiger partial charge in [0.2, 0.25) is 0 Å². The first-order valence-electron chi connectivity index (χ1n) is 10.2. The Labute approximate surface area is 180 Å². The minimum absolute atomic E-state index is 0.00886. The third-order valence-electron chi connectivity index (χ3n) is 5.20. The van der Waals surface area contributed by atoms with E-state index in [0.717, 1.165) is 12.0 Å². The number of furan rings is 1. The number of hydrogen-bond acceptors (Lipinski definition) is 5.